The zero-order chi connectivity index (χ0) is 23.6. The molecule has 2 aromatic carbocycles. The standard InChI is InChI=1S/C26H30N6O3/c33-26(29-22-16-34-15-18-4-1-2-7-20(18)22)17-5-3-6-19(12-17)28-14-24-30-31-25-21-8-9-27-13-23(21)35-11-10-32(24)25/h1-7,12,21-23,27-28H,8-11,13-16H2,(H,29,33)/t21?,22-,23?/m0/s1. The van der Waals surface area contributed by atoms with Gasteiger partial charge in [-0.3, -0.25) is 4.79 Å². The van der Waals surface area contributed by atoms with Gasteiger partial charge in [0.05, 0.1) is 38.5 Å². The zero-order valence-electron chi connectivity index (χ0n) is 19.6. The summed E-state index contributed by atoms with van der Waals surface area (Å²) < 4.78 is 13.9. The van der Waals surface area contributed by atoms with Crippen molar-refractivity contribution in [2.75, 3.05) is 31.6 Å². The fourth-order valence-electron chi connectivity index (χ4n) is 5.29. The van der Waals surface area contributed by atoms with Crippen molar-refractivity contribution in [3.8, 4) is 0 Å². The molecule has 1 amide bonds. The zero-order valence-corrected chi connectivity index (χ0v) is 19.6. The van der Waals surface area contributed by atoms with E-state index in [9.17, 15) is 4.79 Å². The van der Waals surface area contributed by atoms with Crippen molar-refractivity contribution in [1.82, 2.24) is 25.4 Å². The van der Waals surface area contributed by atoms with E-state index in [0.29, 0.717) is 31.9 Å². The highest BCUT2D eigenvalue weighted by Crippen LogP contribution is 2.29. The Morgan fingerprint density at radius 1 is 1.17 bits per heavy atom. The van der Waals surface area contributed by atoms with E-state index in [0.717, 1.165) is 54.5 Å². The molecular weight excluding hydrogens is 444 g/mol. The normalized spacial score (nSPS) is 23.4. The van der Waals surface area contributed by atoms with Crippen LogP contribution in [0.1, 0.15) is 51.5 Å². The molecule has 3 N–H and O–H groups in total. The Morgan fingerprint density at radius 2 is 2.11 bits per heavy atom. The summed E-state index contributed by atoms with van der Waals surface area (Å²) in [5, 5.41) is 19.0. The molecule has 3 aliphatic heterocycles. The molecule has 1 aromatic heterocycles. The van der Waals surface area contributed by atoms with Gasteiger partial charge in [-0.2, -0.15) is 0 Å². The minimum Gasteiger partial charge on any atom is -0.378 e. The fourth-order valence-corrected chi connectivity index (χ4v) is 5.29. The first-order chi connectivity index (χ1) is 17.3. The largest absolute Gasteiger partial charge is 0.378 e. The van der Waals surface area contributed by atoms with Gasteiger partial charge < -0.3 is 30.0 Å². The first-order valence-corrected chi connectivity index (χ1v) is 12.3. The average molecular weight is 475 g/mol. The topological polar surface area (TPSA) is 102 Å². The summed E-state index contributed by atoms with van der Waals surface area (Å²) in [5.41, 5.74) is 3.70. The van der Waals surface area contributed by atoms with E-state index in [1.807, 2.05) is 42.5 Å². The molecule has 0 radical (unpaired) electrons. The maximum atomic E-state index is 13.0. The first-order valence-electron chi connectivity index (χ1n) is 12.3. The number of hydrogen-bond donors (Lipinski definition) is 3. The quantitative estimate of drug-likeness (QED) is 0.522. The van der Waals surface area contributed by atoms with Gasteiger partial charge in [0, 0.05) is 30.3 Å². The SMILES string of the molecule is O=C(N[C@H]1COCc2ccccc21)c1cccc(NCc2nnc3n2CCOC2CNCCC32)c1. The molecule has 0 bridgehead atoms. The van der Waals surface area contributed by atoms with Crippen LogP contribution < -0.4 is 16.0 Å². The number of aromatic nitrogens is 3. The van der Waals surface area contributed by atoms with Gasteiger partial charge in [0.15, 0.2) is 5.82 Å². The maximum absolute atomic E-state index is 13.0. The Kier molecular flexibility index (Phi) is 6.20. The second kappa shape index (κ2) is 9.77. The van der Waals surface area contributed by atoms with Crippen LogP contribution in [0.15, 0.2) is 48.5 Å². The monoisotopic (exact) mass is 474 g/mol. The molecule has 1 saturated heterocycles. The lowest BCUT2D eigenvalue weighted by Gasteiger charge is -2.29. The third-order valence-electron chi connectivity index (χ3n) is 7.11. The van der Waals surface area contributed by atoms with Gasteiger partial charge in [0.2, 0.25) is 0 Å². The van der Waals surface area contributed by atoms with E-state index >= 15 is 0 Å². The van der Waals surface area contributed by atoms with Gasteiger partial charge in [-0.25, -0.2) is 0 Å². The highest BCUT2D eigenvalue weighted by molar-refractivity contribution is 5.95. The van der Waals surface area contributed by atoms with Crippen LogP contribution in [0.5, 0.6) is 0 Å². The van der Waals surface area contributed by atoms with Crippen LogP contribution in [0.2, 0.25) is 0 Å². The summed E-state index contributed by atoms with van der Waals surface area (Å²) in [4.78, 5) is 13.0. The third-order valence-corrected chi connectivity index (χ3v) is 7.11. The molecule has 9 heteroatoms. The Hall–Kier alpha value is -3.27. The van der Waals surface area contributed by atoms with Crippen molar-refractivity contribution in [2.45, 2.75) is 44.2 Å². The molecule has 3 aromatic rings. The van der Waals surface area contributed by atoms with Crippen LogP contribution in [-0.2, 0) is 29.2 Å². The Labute approximate surface area is 204 Å². The molecular formula is C26H30N6O3. The summed E-state index contributed by atoms with van der Waals surface area (Å²) in [6.07, 6.45) is 1.16. The van der Waals surface area contributed by atoms with Crippen molar-refractivity contribution in [1.29, 1.82) is 0 Å². The van der Waals surface area contributed by atoms with Crippen LogP contribution in [0.25, 0.3) is 0 Å². The number of carbonyl (C=O) groups is 1. The van der Waals surface area contributed by atoms with Gasteiger partial charge in [-0.05, 0) is 42.3 Å². The fraction of sp³-hybridized carbons (Fsp3) is 0.423. The van der Waals surface area contributed by atoms with Crippen molar-refractivity contribution < 1.29 is 14.3 Å². The lowest BCUT2D eigenvalue weighted by atomic mass is 9.94. The van der Waals surface area contributed by atoms with E-state index in [1.54, 1.807) is 0 Å². The van der Waals surface area contributed by atoms with Gasteiger partial charge in [0.25, 0.3) is 5.91 Å². The molecule has 0 aliphatic carbocycles. The first kappa shape index (κ1) is 22.2. The summed E-state index contributed by atoms with van der Waals surface area (Å²) in [5.74, 6) is 2.06. The molecule has 9 nitrogen and oxygen atoms in total. The predicted molar refractivity (Wildman–Crippen MR) is 130 cm³/mol. The third kappa shape index (κ3) is 4.54. The van der Waals surface area contributed by atoms with Gasteiger partial charge >= 0.3 is 0 Å². The molecule has 1 fully saturated rings. The molecule has 35 heavy (non-hydrogen) atoms. The Balaban J connectivity index is 1.13. The smallest absolute Gasteiger partial charge is 0.251 e. The van der Waals surface area contributed by atoms with Crippen LogP contribution in [-0.4, -0.2) is 53.1 Å². The number of nitrogens with zero attached hydrogens (tertiary/aromatic N) is 3. The number of ether oxygens (including phenoxy) is 2. The predicted octanol–water partition coefficient (Wildman–Crippen LogP) is 2.37. The van der Waals surface area contributed by atoms with Crippen molar-refractivity contribution >= 4 is 11.6 Å². The molecule has 0 spiro atoms. The Bertz CT molecular complexity index is 1210. The van der Waals surface area contributed by atoms with Crippen LogP contribution >= 0.6 is 0 Å². The van der Waals surface area contributed by atoms with Gasteiger partial charge in [-0.1, -0.05) is 30.3 Å². The van der Waals surface area contributed by atoms with E-state index in [4.69, 9.17) is 9.47 Å². The second-order valence-electron chi connectivity index (χ2n) is 9.31. The van der Waals surface area contributed by atoms with Crippen LogP contribution in [0, 0.1) is 0 Å². The average Bonchev–Trinajstić information content (AvgIpc) is 3.21. The summed E-state index contributed by atoms with van der Waals surface area (Å²) in [6, 6.07) is 15.5. The molecule has 2 unspecified atom stereocenters. The molecule has 182 valence electrons. The minimum absolute atomic E-state index is 0.121. The number of nitrogens with one attached hydrogen (secondary N) is 3. The number of piperidine rings is 1. The molecule has 4 heterocycles. The maximum Gasteiger partial charge on any atom is 0.251 e. The minimum atomic E-state index is -0.156. The molecule has 3 aliphatic rings. The molecule has 3 atom stereocenters. The van der Waals surface area contributed by atoms with Crippen molar-refractivity contribution in [2.24, 2.45) is 0 Å². The number of carbonyl (C=O) groups excluding carboxylic acids is 1. The summed E-state index contributed by atoms with van der Waals surface area (Å²) >= 11 is 0. The number of fused-ring (bicyclic) bond motifs is 4. The van der Waals surface area contributed by atoms with Crippen LogP contribution in [0.4, 0.5) is 5.69 Å². The van der Waals surface area contributed by atoms with E-state index in [2.05, 4.69) is 36.8 Å². The summed E-state index contributed by atoms with van der Waals surface area (Å²) in [6.45, 7) is 4.82. The number of anilines is 1. The Morgan fingerprint density at radius 3 is 3.09 bits per heavy atom. The van der Waals surface area contributed by atoms with Crippen molar-refractivity contribution in [3.05, 3.63) is 76.9 Å². The van der Waals surface area contributed by atoms with E-state index in [-0.39, 0.29) is 24.0 Å². The van der Waals surface area contributed by atoms with E-state index in [1.165, 1.54) is 0 Å². The number of amides is 1. The number of hydrogen-bond acceptors (Lipinski definition) is 7. The highest BCUT2D eigenvalue weighted by Gasteiger charge is 2.34. The highest BCUT2D eigenvalue weighted by atomic mass is 16.5. The number of rotatable bonds is 5. The van der Waals surface area contributed by atoms with E-state index < -0.39 is 0 Å². The van der Waals surface area contributed by atoms with Gasteiger partial charge in [-0.15, -0.1) is 10.2 Å². The van der Waals surface area contributed by atoms with Crippen molar-refractivity contribution in [3.63, 3.8) is 0 Å². The van der Waals surface area contributed by atoms with Crippen LogP contribution in [0.3, 0.4) is 0 Å². The second-order valence-corrected chi connectivity index (χ2v) is 9.31. The molecule has 6 rings (SSSR count). The lowest BCUT2D eigenvalue weighted by molar-refractivity contribution is 0.0273. The molecule has 0 saturated carbocycles. The lowest BCUT2D eigenvalue weighted by Crippen LogP contribution is -2.40. The summed E-state index contributed by atoms with van der Waals surface area (Å²) in [7, 11) is 0. The number of benzene rings is 2. The van der Waals surface area contributed by atoms with Gasteiger partial charge in [0.1, 0.15) is 5.82 Å².